The molecule has 3 aromatic heterocycles. The van der Waals surface area contributed by atoms with Gasteiger partial charge in [0.2, 0.25) is 5.88 Å². The first kappa shape index (κ1) is 27.2. The fraction of sp³-hybridized carbons (Fsp3) is 0.259. The smallest absolute Gasteiger partial charge is 0.418 e. The number of benzene rings is 1. The van der Waals surface area contributed by atoms with E-state index in [-0.39, 0.29) is 56.7 Å². The highest BCUT2D eigenvalue weighted by Crippen LogP contribution is 2.41. The maximum Gasteiger partial charge on any atom is 0.418 e. The Morgan fingerprint density at radius 2 is 1.93 bits per heavy atom. The van der Waals surface area contributed by atoms with E-state index in [4.69, 9.17) is 9.47 Å². The fourth-order valence-electron chi connectivity index (χ4n) is 4.52. The van der Waals surface area contributed by atoms with Crippen LogP contribution in [0, 0.1) is 25.5 Å². The van der Waals surface area contributed by atoms with Crippen molar-refractivity contribution in [2.24, 2.45) is 0 Å². The monoisotopic (exact) mass is 560 g/mol. The Hall–Kier alpha value is -4.39. The summed E-state index contributed by atoms with van der Waals surface area (Å²) in [5, 5.41) is 2.68. The maximum absolute atomic E-state index is 14.2. The first-order chi connectivity index (χ1) is 19.0. The number of pyridine rings is 3. The Kier molecular flexibility index (Phi) is 7.00. The quantitative estimate of drug-likeness (QED) is 0.325. The lowest BCUT2D eigenvalue weighted by Gasteiger charge is -2.18. The van der Waals surface area contributed by atoms with Gasteiger partial charge in [-0.25, -0.2) is 13.8 Å². The molecule has 0 spiro atoms. The van der Waals surface area contributed by atoms with Gasteiger partial charge in [-0.15, -0.1) is 0 Å². The van der Waals surface area contributed by atoms with Crippen LogP contribution >= 0.6 is 0 Å². The summed E-state index contributed by atoms with van der Waals surface area (Å²) >= 11 is 0. The van der Waals surface area contributed by atoms with Crippen LogP contribution in [0.2, 0.25) is 0 Å². The molecular weight excluding hydrogens is 539 g/mol. The molecular formula is C27H21F5N4O4. The summed E-state index contributed by atoms with van der Waals surface area (Å²) in [4.78, 5) is 36.9. The molecule has 1 aliphatic heterocycles. The van der Waals surface area contributed by atoms with Gasteiger partial charge in [-0.3, -0.25) is 14.6 Å². The van der Waals surface area contributed by atoms with Crippen LogP contribution in [-0.4, -0.2) is 40.1 Å². The van der Waals surface area contributed by atoms with Crippen LogP contribution in [-0.2, 0) is 10.9 Å². The number of fused-ring (bicyclic) bond motifs is 1. The second-order valence-electron chi connectivity index (χ2n) is 9.22. The van der Waals surface area contributed by atoms with E-state index in [2.05, 4.69) is 20.3 Å². The topological polar surface area (TPSA) is 106 Å². The number of ether oxygens (including phenoxy) is 2. The molecule has 1 atom stereocenters. The number of hydrogen-bond donors (Lipinski definition) is 2. The number of carbonyl (C=O) groups is 1. The third-order valence-corrected chi connectivity index (χ3v) is 6.60. The molecule has 0 bridgehead atoms. The molecule has 4 heterocycles. The van der Waals surface area contributed by atoms with Crippen molar-refractivity contribution in [1.29, 1.82) is 0 Å². The molecule has 4 aromatic rings. The molecule has 1 amide bonds. The highest BCUT2D eigenvalue weighted by molar-refractivity contribution is 6.04. The number of amides is 1. The Morgan fingerprint density at radius 3 is 2.62 bits per heavy atom. The lowest BCUT2D eigenvalue weighted by Crippen LogP contribution is -2.36. The van der Waals surface area contributed by atoms with Gasteiger partial charge >= 0.3 is 6.18 Å². The van der Waals surface area contributed by atoms with Crippen molar-refractivity contribution in [3.63, 3.8) is 0 Å². The van der Waals surface area contributed by atoms with E-state index in [1.165, 1.54) is 26.1 Å². The normalized spacial score (nSPS) is 15.4. The molecule has 0 aliphatic carbocycles. The van der Waals surface area contributed by atoms with Gasteiger partial charge in [0.25, 0.3) is 5.91 Å². The molecule has 40 heavy (non-hydrogen) atoms. The standard InChI is InChI=1S/C27H21F5N4O4/c1-12-15(27(30,31)32)10-34-26(40-20-4-3-16(28)23(29)13(20)2)21(12)18-9-19(37)22-17(36-18)5-7-33-24(22)25(38)35-14-6-8-39-11-14/h3-5,7,9-10,14H,6,8,11H2,1-2H3,(H,35,38)(H,36,37)/t14-/m0/s1. The second-order valence-corrected chi connectivity index (χ2v) is 9.22. The van der Waals surface area contributed by atoms with Crippen LogP contribution in [0.15, 0.2) is 41.5 Å². The molecule has 0 unspecified atom stereocenters. The van der Waals surface area contributed by atoms with Crippen molar-refractivity contribution >= 4 is 16.8 Å². The minimum atomic E-state index is -4.79. The highest BCUT2D eigenvalue weighted by atomic mass is 19.4. The van der Waals surface area contributed by atoms with Crippen molar-refractivity contribution in [2.75, 3.05) is 13.2 Å². The molecule has 1 fully saturated rings. The second kappa shape index (κ2) is 10.3. The summed E-state index contributed by atoms with van der Waals surface area (Å²) in [6, 6.07) is 4.08. The van der Waals surface area contributed by atoms with E-state index in [0.717, 1.165) is 18.2 Å². The molecule has 1 saturated heterocycles. The van der Waals surface area contributed by atoms with E-state index in [1.807, 2.05) is 0 Å². The molecule has 5 rings (SSSR count). The zero-order chi connectivity index (χ0) is 28.8. The van der Waals surface area contributed by atoms with Crippen LogP contribution < -0.4 is 15.5 Å². The number of carbonyl (C=O) groups excluding carboxylic acids is 1. The fourth-order valence-corrected chi connectivity index (χ4v) is 4.52. The number of nitrogens with one attached hydrogen (secondary N) is 2. The zero-order valence-electron chi connectivity index (χ0n) is 21.1. The third kappa shape index (κ3) is 4.99. The Bertz CT molecular complexity index is 1700. The van der Waals surface area contributed by atoms with Crippen molar-refractivity contribution < 1.29 is 36.2 Å². The number of rotatable bonds is 5. The van der Waals surface area contributed by atoms with Crippen molar-refractivity contribution in [1.82, 2.24) is 20.3 Å². The van der Waals surface area contributed by atoms with Crippen molar-refractivity contribution in [2.45, 2.75) is 32.5 Å². The number of aromatic nitrogens is 3. The van der Waals surface area contributed by atoms with E-state index in [0.29, 0.717) is 25.8 Å². The molecule has 0 radical (unpaired) electrons. The first-order valence-corrected chi connectivity index (χ1v) is 12.1. The molecule has 0 saturated carbocycles. The Morgan fingerprint density at radius 1 is 1.15 bits per heavy atom. The van der Waals surface area contributed by atoms with Gasteiger partial charge in [0.05, 0.1) is 40.4 Å². The minimum Gasteiger partial charge on any atom is -0.438 e. The molecule has 13 heteroatoms. The van der Waals surface area contributed by atoms with Crippen LogP contribution in [0.4, 0.5) is 22.0 Å². The van der Waals surface area contributed by atoms with E-state index < -0.39 is 34.7 Å². The lowest BCUT2D eigenvalue weighted by atomic mass is 10.0. The summed E-state index contributed by atoms with van der Waals surface area (Å²) in [6.45, 7) is 3.21. The van der Waals surface area contributed by atoms with Gasteiger partial charge in [0, 0.05) is 30.6 Å². The van der Waals surface area contributed by atoms with E-state index in [9.17, 15) is 31.5 Å². The van der Waals surface area contributed by atoms with Crippen LogP contribution in [0.1, 0.15) is 33.6 Å². The predicted octanol–water partition coefficient (Wildman–Crippen LogP) is 5.21. The highest BCUT2D eigenvalue weighted by Gasteiger charge is 2.35. The third-order valence-electron chi connectivity index (χ3n) is 6.60. The summed E-state index contributed by atoms with van der Waals surface area (Å²) < 4.78 is 80.1. The molecule has 2 N–H and O–H groups in total. The van der Waals surface area contributed by atoms with Gasteiger partial charge in [-0.2, -0.15) is 13.2 Å². The number of aromatic amines is 1. The van der Waals surface area contributed by atoms with Crippen molar-refractivity contribution in [3.05, 3.63) is 80.9 Å². The Labute approximate surface area is 223 Å². The number of alkyl halides is 3. The Balaban J connectivity index is 1.66. The summed E-state index contributed by atoms with van der Waals surface area (Å²) in [5.74, 6) is -3.50. The van der Waals surface area contributed by atoms with Crippen LogP contribution in [0.5, 0.6) is 11.6 Å². The summed E-state index contributed by atoms with van der Waals surface area (Å²) in [5.41, 5.74) is -2.73. The first-order valence-electron chi connectivity index (χ1n) is 12.1. The van der Waals surface area contributed by atoms with Crippen LogP contribution in [0.25, 0.3) is 22.2 Å². The number of hydrogen-bond acceptors (Lipinski definition) is 6. The predicted molar refractivity (Wildman–Crippen MR) is 133 cm³/mol. The van der Waals surface area contributed by atoms with Crippen molar-refractivity contribution in [3.8, 4) is 22.9 Å². The zero-order valence-corrected chi connectivity index (χ0v) is 21.1. The van der Waals surface area contributed by atoms with Gasteiger partial charge in [0.15, 0.2) is 17.1 Å². The van der Waals surface area contributed by atoms with Gasteiger partial charge in [-0.05, 0) is 44.0 Å². The minimum absolute atomic E-state index is 0.0702. The number of halogens is 5. The average molecular weight is 560 g/mol. The molecule has 1 aromatic carbocycles. The number of H-pyrrole nitrogens is 1. The average Bonchev–Trinajstić information content (AvgIpc) is 3.41. The largest absolute Gasteiger partial charge is 0.438 e. The SMILES string of the molecule is Cc1c(Oc2ncc(C(F)(F)F)c(C)c2-c2cc(=O)c3c(C(=O)N[C@H]4CCOC4)nccc3[nH]2)ccc(F)c1F. The molecule has 1 aliphatic rings. The summed E-state index contributed by atoms with van der Waals surface area (Å²) in [6.07, 6.45) is -2.36. The number of nitrogens with zero attached hydrogens (tertiary/aromatic N) is 2. The van der Waals surface area contributed by atoms with Gasteiger partial charge in [-0.1, -0.05) is 0 Å². The molecule has 8 nitrogen and oxygen atoms in total. The van der Waals surface area contributed by atoms with E-state index in [1.54, 1.807) is 0 Å². The summed E-state index contributed by atoms with van der Waals surface area (Å²) in [7, 11) is 0. The van der Waals surface area contributed by atoms with E-state index >= 15 is 0 Å². The maximum atomic E-state index is 14.2. The molecule has 208 valence electrons. The lowest BCUT2D eigenvalue weighted by molar-refractivity contribution is -0.138. The van der Waals surface area contributed by atoms with Crippen LogP contribution in [0.3, 0.4) is 0 Å². The van der Waals surface area contributed by atoms with Gasteiger partial charge in [0.1, 0.15) is 11.4 Å². The van der Waals surface area contributed by atoms with Gasteiger partial charge < -0.3 is 19.8 Å².